The summed E-state index contributed by atoms with van der Waals surface area (Å²) in [6.45, 7) is 0.909. The lowest BCUT2D eigenvalue weighted by Crippen LogP contribution is -2.38. The SMILES string of the molecule is CN(C(=O)CNCCC(=O)NC1CC1)C1CC1. The zero-order valence-electron chi connectivity index (χ0n) is 10.4. The van der Waals surface area contributed by atoms with Crippen LogP contribution in [0.25, 0.3) is 0 Å². The van der Waals surface area contributed by atoms with Gasteiger partial charge in [0.1, 0.15) is 0 Å². The summed E-state index contributed by atoms with van der Waals surface area (Å²) >= 11 is 0. The van der Waals surface area contributed by atoms with E-state index in [0.717, 1.165) is 25.7 Å². The van der Waals surface area contributed by atoms with E-state index in [1.165, 1.54) is 0 Å². The smallest absolute Gasteiger partial charge is 0.236 e. The number of hydrogen-bond donors (Lipinski definition) is 2. The van der Waals surface area contributed by atoms with Gasteiger partial charge in [0.15, 0.2) is 0 Å². The van der Waals surface area contributed by atoms with Gasteiger partial charge < -0.3 is 15.5 Å². The van der Waals surface area contributed by atoms with Gasteiger partial charge in [-0.15, -0.1) is 0 Å². The number of nitrogens with zero attached hydrogens (tertiary/aromatic N) is 1. The van der Waals surface area contributed by atoms with Crippen LogP contribution in [-0.2, 0) is 9.59 Å². The Morgan fingerprint density at radius 1 is 1.24 bits per heavy atom. The van der Waals surface area contributed by atoms with Crippen molar-refractivity contribution in [2.75, 3.05) is 20.1 Å². The van der Waals surface area contributed by atoms with Gasteiger partial charge in [-0.1, -0.05) is 0 Å². The number of carbonyl (C=O) groups is 2. The van der Waals surface area contributed by atoms with Crippen LogP contribution in [-0.4, -0.2) is 48.9 Å². The molecule has 2 saturated carbocycles. The van der Waals surface area contributed by atoms with Gasteiger partial charge in [0.2, 0.25) is 11.8 Å². The van der Waals surface area contributed by atoms with Gasteiger partial charge in [0.25, 0.3) is 0 Å². The maximum Gasteiger partial charge on any atom is 0.236 e. The highest BCUT2D eigenvalue weighted by Crippen LogP contribution is 2.25. The molecule has 5 nitrogen and oxygen atoms in total. The molecule has 0 heterocycles. The van der Waals surface area contributed by atoms with E-state index in [-0.39, 0.29) is 11.8 Å². The van der Waals surface area contributed by atoms with E-state index < -0.39 is 0 Å². The molecule has 0 unspecified atom stereocenters. The molecule has 0 aliphatic heterocycles. The van der Waals surface area contributed by atoms with E-state index in [2.05, 4.69) is 10.6 Å². The summed E-state index contributed by atoms with van der Waals surface area (Å²) in [5, 5.41) is 5.94. The van der Waals surface area contributed by atoms with E-state index in [9.17, 15) is 9.59 Å². The first-order valence-electron chi connectivity index (χ1n) is 6.42. The highest BCUT2D eigenvalue weighted by molar-refractivity contribution is 5.79. The van der Waals surface area contributed by atoms with Crippen LogP contribution >= 0.6 is 0 Å². The van der Waals surface area contributed by atoms with Crippen LogP contribution in [0.1, 0.15) is 32.1 Å². The van der Waals surface area contributed by atoms with Crippen molar-refractivity contribution in [1.82, 2.24) is 15.5 Å². The Hall–Kier alpha value is -1.10. The summed E-state index contributed by atoms with van der Waals surface area (Å²) in [5.74, 6) is 0.207. The molecule has 2 aliphatic rings. The predicted octanol–water partition coefficient (Wildman–Crippen LogP) is -0.134. The number of rotatable bonds is 7. The van der Waals surface area contributed by atoms with E-state index in [1.807, 2.05) is 7.05 Å². The molecule has 17 heavy (non-hydrogen) atoms. The highest BCUT2D eigenvalue weighted by atomic mass is 16.2. The molecule has 0 atom stereocenters. The Morgan fingerprint density at radius 3 is 2.53 bits per heavy atom. The topological polar surface area (TPSA) is 61.4 Å². The largest absolute Gasteiger partial charge is 0.353 e. The van der Waals surface area contributed by atoms with Crippen LogP contribution in [0.4, 0.5) is 0 Å². The zero-order chi connectivity index (χ0) is 12.3. The number of nitrogens with one attached hydrogen (secondary N) is 2. The van der Waals surface area contributed by atoms with Crippen molar-refractivity contribution >= 4 is 11.8 Å². The Bertz CT molecular complexity index is 298. The molecule has 0 spiro atoms. The van der Waals surface area contributed by atoms with Crippen LogP contribution < -0.4 is 10.6 Å². The van der Waals surface area contributed by atoms with Crippen molar-refractivity contribution in [3.63, 3.8) is 0 Å². The van der Waals surface area contributed by atoms with E-state index in [1.54, 1.807) is 4.90 Å². The Kier molecular flexibility index (Phi) is 3.99. The molecule has 2 aliphatic carbocycles. The average molecular weight is 239 g/mol. The minimum Gasteiger partial charge on any atom is -0.353 e. The van der Waals surface area contributed by atoms with Crippen LogP contribution in [0.3, 0.4) is 0 Å². The van der Waals surface area contributed by atoms with E-state index in [0.29, 0.717) is 31.6 Å². The molecule has 0 aromatic rings. The van der Waals surface area contributed by atoms with Gasteiger partial charge in [-0.2, -0.15) is 0 Å². The Morgan fingerprint density at radius 2 is 1.94 bits per heavy atom. The molecule has 0 bridgehead atoms. The lowest BCUT2D eigenvalue weighted by molar-refractivity contribution is -0.129. The fourth-order valence-electron chi connectivity index (χ4n) is 1.71. The molecule has 2 amide bonds. The van der Waals surface area contributed by atoms with Crippen molar-refractivity contribution in [3.8, 4) is 0 Å². The number of hydrogen-bond acceptors (Lipinski definition) is 3. The van der Waals surface area contributed by atoms with Gasteiger partial charge in [-0.25, -0.2) is 0 Å². The minimum absolute atomic E-state index is 0.0861. The first-order chi connectivity index (χ1) is 8.16. The number of carbonyl (C=O) groups excluding carboxylic acids is 2. The summed E-state index contributed by atoms with van der Waals surface area (Å²) in [5.41, 5.74) is 0. The third kappa shape index (κ3) is 4.34. The molecule has 0 radical (unpaired) electrons. The normalized spacial score (nSPS) is 18.9. The molecule has 2 rings (SSSR count). The van der Waals surface area contributed by atoms with Crippen molar-refractivity contribution in [3.05, 3.63) is 0 Å². The predicted molar refractivity (Wildman–Crippen MR) is 64.4 cm³/mol. The van der Waals surface area contributed by atoms with Gasteiger partial charge >= 0.3 is 0 Å². The summed E-state index contributed by atoms with van der Waals surface area (Å²) in [4.78, 5) is 24.8. The third-order valence-electron chi connectivity index (χ3n) is 3.24. The summed E-state index contributed by atoms with van der Waals surface area (Å²) in [6, 6.07) is 0.882. The van der Waals surface area contributed by atoms with Gasteiger partial charge in [0.05, 0.1) is 6.54 Å². The second-order valence-corrected chi connectivity index (χ2v) is 5.00. The van der Waals surface area contributed by atoms with Crippen molar-refractivity contribution in [2.24, 2.45) is 0 Å². The molecular formula is C12H21N3O2. The minimum atomic E-state index is 0.0861. The van der Waals surface area contributed by atoms with E-state index >= 15 is 0 Å². The fourth-order valence-corrected chi connectivity index (χ4v) is 1.71. The van der Waals surface area contributed by atoms with Crippen molar-refractivity contribution in [2.45, 2.75) is 44.2 Å². The summed E-state index contributed by atoms with van der Waals surface area (Å²) in [6.07, 6.45) is 4.95. The molecule has 5 heteroatoms. The molecule has 2 N–H and O–H groups in total. The van der Waals surface area contributed by atoms with Crippen LogP contribution in [0.5, 0.6) is 0 Å². The fraction of sp³-hybridized carbons (Fsp3) is 0.833. The average Bonchev–Trinajstić information content (AvgIpc) is 3.14. The molecular weight excluding hydrogens is 218 g/mol. The van der Waals surface area contributed by atoms with Gasteiger partial charge in [-0.05, 0) is 25.7 Å². The quantitative estimate of drug-likeness (QED) is 0.608. The number of likely N-dealkylation sites (N-methyl/N-ethyl adjacent to an activating group) is 1. The van der Waals surface area contributed by atoms with Crippen LogP contribution in [0.2, 0.25) is 0 Å². The summed E-state index contributed by atoms with van der Waals surface area (Å²) in [7, 11) is 1.85. The molecule has 96 valence electrons. The van der Waals surface area contributed by atoms with Gasteiger partial charge in [-0.3, -0.25) is 9.59 Å². The standard InChI is InChI=1S/C12H21N3O2/c1-15(10-4-5-10)12(17)8-13-7-6-11(16)14-9-2-3-9/h9-10,13H,2-8H2,1H3,(H,14,16). The third-order valence-corrected chi connectivity index (χ3v) is 3.24. The Labute approximate surface area is 102 Å². The molecule has 0 aromatic heterocycles. The lowest BCUT2D eigenvalue weighted by atomic mass is 10.3. The second-order valence-electron chi connectivity index (χ2n) is 5.00. The maximum atomic E-state index is 11.6. The molecule has 0 saturated heterocycles. The van der Waals surface area contributed by atoms with E-state index in [4.69, 9.17) is 0 Å². The van der Waals surface area contributed by atoms with Crippen molar-refractivity contribution in [1.29, 1.82) is 0 Å². The lowest BCUT2D eigenvalue weighted by Gasteiger charge is -2.16. The van der Waals surface area contributed by atoms with Crippen LogP contribution in [0.15, 0.2) is 0 Å². The van der Waals surface area contributed by atoms with Crippen LogP contribution in [0, 0.1) is 0 Å². The number of amides is 2. The maximum absolute atomic E-state index is 11.6. The first kappa shape index (κ1) is 12.4. The molecule has 2 fully saturated rings. The summed E-state index contributed by atoms with van der Waals surface area (Å²) < 4.78 is 0. The van der Waals surface area contributed by atoms with Gasteiger partial charge in [0, 0.05) is 32.1 Å². The Balaban J connectivity index is 1.49. The monoisotopic (exact) mass is 239 g/mol. The second kappa shape index (κ2) is 5.49. The molecule has 0 aromatic carbocycles. The first-order valence-corrected chi connectivity index (χ1v) is 6.42. The zero-order valence-corrected chi connectivity index (χ0v) is 10.4. The highest BCUT2D eigenvalue weighted by Gasteiger charge is 2.29. The van der Waals surface area contributed by atoms with Crippen molar-refractivity contribution < 1.29 is 9.59 Å².